The van der Waals surface area contributed by atoms with Crippen molar-refractivity contribution in [2.24, 2.45) is 0 Å². The summed E-state index contributed by atoms with van der Waals surface area (Å²) in [5.74, 6) is 1.20. The predicted molar refractivity (Wildman–Crippen MR) is 110 cm³/mol. The van der Waals surface area contributed by atoms with Gasteiger partial charge >= 0.3 is 0 Å². The monoisotopic (exact) mass is 380 g/mol. The Balaban J connectivity index is 1.56. The summed E-state index contributed by atoms with van der Waals surface area (Å²) in [4.78, 5) is 12.1. The highest BCUT2D eigenvalue weighted by molar-refractivity contribution is 7.99. The smallest absolute Gasteiger partial charge is 0.230 e. The molecule has 3 aromatic rings. The van der Waals surface area contributed by atoms with Gasteiger partial charge in [0.2, 0.25) is 5.91 Å². The molecular formula is C21H24N4OS. The highest BCUT2D eigenvalue weighted by Crippen LogP contribution is 2.26. The van der Waals surface area contributed by atoms with Crippen molar-refractivity contribution in [2.45, 2.75) is 32.0 Å². The summed E-state index contributed by atoms with van der Waals surface area (Å²) in [6, 6.07) is 18.3. The van der Waals surface area contributed by atoms with Gasteiger partial charge < -0.3 is 9.88 Å². The Morgan fingerprint density at radius 1 is 1.07 bits per heavy atom. The average Bonchev–Trinajstić information content (AvgIpc) is 3.10. The van der Waals surface area contributed by atoms with E-state index in [0.29, 0.717) is 12.3 Å². The molecule has 0 spiro atoms. The van der Waals surface area contributed by atoms with E-state index in [4.69, 9.17) is 0 Å². The molecule has 3 rings (SSSR count). The van der Waals surface area contributed by atoms with Crippen molar-refractivity contribution in [2.75, 3.05) is 12.3 Å². The highest BCUT2D eigenvalue weighted by atomic mass is 32.2. The van der Waals surface area contributed by atoms with Crippen LogP contribution in [0.4, 0.5) is 0 Å². The minimum Gasteiger partial charge on any atom is -0.355 e. The number of carbonyl (C=O) groups excluding carboxylic acids is 1. The fraction of sp³-hybridized carbons (Fsp3) is 0.286. The Morgan fingerprint density at radius 3 is 2.56 bits per heavy atom. The van der Waals surface area contributed by atoms with Crippen LogP contribution in [0.1, 0.15) is 18.1 Å². The Bertz CT molecular complexity index is 892. The minimum absolute atomic E-state index is 0.0130. The fourth-order valence-corrected chi connectivity index (χ4v) is 3.71. The third kappa shape index (κ3) is 4.98. The number of hydrogen-bond donors (Lipinski definition) is 1. The summed E-state index contributed by atoms with van der Waals surface area (Å²) in [6.45, 7) is 5.53. The number of nitrogens with zero attached hydrogens (tertiary/aromatic N) is 3. The van der Waals surface area contributed by atoms with Crippen LogP contribution in [0.3, 0.4) is 0 Å². The maximum Gasteiger partial charge on any atom is 0.230 e. The molecule has 0 atom stereocenters. The topological polar surface area (TPSA) is 59.8 Å². The molecule has 1 heterocycles. The van der Waals surface area contributed by atoms with E-state index in [2.05, 4.69) is 58.2 Å². The lowest BCUT2D eigenvalue weighted by molar-refractivity contribution is -0.118. The summed E-state index contributed by atoms with van der Waals surface area (Å²) in [7, 11) is 0. The predicted octanol–water partition coefficient (Wildman–Crippen LogP) is 3.72. The van der Waals surface area contributed by atoms with E-state index in [1.165, 1.54) is 17.3 Å². The van der Waals surface area contributed by atoms with Crippen molar-refractivity contribution in [1.29, 1.82) is 0 Å². The molecule has 0 saturated heterocycles. The maximum absolute atomic E-state index is 12.1. The van der Waals surface area contributed by atoms with Crippen molar-refractivity contribution in [3.8, 4) is 11.4 Å². The summed E-state index contributed by atoms with van der Waals surface area (Å²) in [5.41, 5.74) is 3.46. The van der Waals surface area contributed by atoms with Crippen molar-refractivity contribution in [3.63, 3.8) is 0 Å². The van der Waals surface area contributed by atoms with E-state index in [1.54, 1.807) is 0 Å². The first-order chi connectivity index (χ1) is 13.2. The summed E-state index contributed by atoms with van der Waals surface area (Å²) in [5, 5.41) is 12.4. The van der Waals surface area contributed by atoms with Gasteiger partial charge in [-0.15, -0.1) is 10.2 Å². The van der Waals surface area contributed by atoms with E-state index in [-0.39, 0.29) is 5.91 Å². The van der Waals surface area contributed by atoms with Crippen LogP contribution in [0.25, 0.3) is 11.4 Å². The van der Waals surface area contributed by atoms with Crippen LogP contribution < -0.4 is 5.32 Å². The molecule has 0 aliphatic carbocycles. The Kier molecular flexibility index (Phi) is 6.65. The van der Waals surface area contributed by atoms with Gasteiger partial charge in [0, 0.05) is 18.7 Å². The number of amides is 1. The van der Waals surface area contributed by atoms with Crippen LogP contribution in [-0.4, -0.2) is 33.0 Å². The van der Waals surface area contributed by atoms with Gasteiger partial charge in [-0.25, -0.2) is 0 Å². The molecule has 0 aliphatic rings. The zero-order valence-corrected chi connectivity index (χ0v) is 16.5. The molecule has 1 aromatic heterocycles. The van der Waals surface area contributed by atoms with Crippen LogP contribution in [0.15, 0.2) is 59.8 Å². The molecule has 0 unspecified atom stereocenters. The van der Waals surface area contributed by atoms with Crippen LogP contribution in [0.5, 0.6) is 0 Å². The average molecular weight is 381 g/mol. The first kappa shape index (κ1) is 19.2. The zero-order valence-electron chi connectivity index (χ0n) is 15.7. The molecule has 0 bridgehead atoms. The molecular weight excluding hydrogens is 356 g/mol. The van der Waals surface area contributed by atoms with Crippen LogP contribution in [0.2, 0.25) is 0 Å². The van der Waals surface area contributed by atoms with Crippen molar-refractivity contribution in [1.82, 2.24) is 20.1 Å². The second kappa shape index (κ2) is 9.37. The number of rotatable bonds is 8. The van der Waals surface area contributed by atoms with Gasteiger partial charge in [0.05, 0.1) is 5.75 Å². The third-order valence-electron chi connectivity index (χ3n) is 4.33. The first-order valence-electron chi connectivity index (χ1n) is 9.11. The normalized spacial score (nSPS) is 10.7. The molecule has 140 valence electrons. The molecule has 1 amide bonds. The Labute approximate surface area is 164 Å². The van der Waals surface area contributed by atoms with Crippen LogP contribution in [-0.2, 0) is 17.8 Å². The molecule has 5 nitrogen and oxygen atoms in total. The van der Waals surface area contributed by atoms with Crippen LogP contribution in [0, 0.1) is 6.92 Å². The standard InChI is InChI=1S/C21H24N4OS/c1-3-25-20(18-12-8-7-9-16(18)2)23-24-21(25)27-15-19(26)22-14-13-17-10-5-4-6-11-17/h4-12H,3,13-15H2,1-2H3,(H,22,26). The largest absolute Gasteiger partial charge is 0.355 e. The van der Waals surface area contributed by atoms with E-state index >= 15 is 0 Å². The van der Waals surface area contributed by atoms with Crippen molar-refractivity contribution in [3.05, 3.63) is 65.7 Å². The summed E-state index contributed by atoms with van der Waals surface area (Å²) >= 11 is 1.42. The molecule has 27 heavy (non-hydrogen) atoms. The molecule has 0 fully saturated rings. The SMILES string of the molecule is CCn1c(SCC(=O)NCCc2ccccc2)nnc1-c1ccccc1C. The van der Waals surface area contributed by atoms with Gasteiger partial charge in [-0.1, -0.05) is 66.4 Å². The quantitative estimate of drug-likeness (QED) is 0.605. The number of aryl methyl sites for hydroxylation is 1. The van der Waals surface area contributed by atoms with E-state index in [9.17, 15) is 4.79 Å². The lowest BCUT2D eigenvalue weighted by atomic mass is 10.1. The fourth-order valence-electron chi connectivity index (χ4n) is 2.88. The minimum atomic E-state index is 0.0130. The summed E-state index contributed by atoms with van der Waals surface area (Å²) < 4.78 is 2.06. The molecule has 0 radical (unpaired) electrons. The molecule has 1 N–H and O–H groups in total. The Morgan fingerprint density at radius 2 is 1.81 bits per heavy atom. The number of carbonyl (C=O) groups is 1. The lowest BCUT2D eigenvalue weighted by Crippen LogP contribution is -2.27. The van der Waals surface area contributed by atoms with E-state index in [0.717, 1.165) is 35.1 Å². The lowest BCUT2D eigenvalue weighted by Gasteiger charge is -2.09. The van der Waals surface area contributed by atoms with E-state index in [1.807, 2.05) is 30.3 Å². The van der Waals surface area contributed by atoms with Gasteiger partial charge in [0.25, 0.3) is 0 Å². The van der Waals surface area contributed by atoms with Gasteiger partial charge in [-0.3, -0.25) is 4.79 Å². The van der Waals surface area contributed by atoms with Gasteiger partial charge in [-0.2, -0.15) is 0 Å². The molecule has 2 aromatic carbocycles. The second-order valence-corrected chi connectivity index (χ2v) is 7.18. The third-order valence-corrected chi connectivity index (χ3v) is 5.30. The second-order valence-electron chi connectivity index (χ2n) is 6.24. The van der Waals surface area contributed by atoms with Gasteiger partial charge in [0.15, 0.2) is 11.0 Å². The number of thioether (sulfide) groups is 1. The number of aromatic nitrogens is 3. The first-order valence-corrected chi connectivity index (χ1v) is 10.1. The van der Waals surface area contributed by atoms with Crippen molar-refractivity contribution < 1.29 is 4.79 Å². The van der Waals surface area contributed by atoms with Gasteiger partial charge in [0.1, 0.15) is 0 Å². The van der Waals surface area contributed by atoms with Crippen LogP contribution >= 0.6 is 11.8 Å². The molecule has 0 saturated carbocycles. The molecule has 6 heteroatoms. The summed E-state index contributed by atoms with van der Waals surface area (Å²) in [6.07, 6.45) is 0.833. The zero-order chi connectivity index (χ0) is 19.1. The number of nitrogens with one attached hydrogen (secondary N) is 1. The van der Waals surface area contributed by atoms with Crippen molar-refractivity contribution >= 4 is 17.7 Å². The Hall–Kier alpha value is -2.60. The molecule has 0 aliphatic heterocycles. The highest BCUT2D eigenvalue weighted by Gasteiger charge is 2.15. The number of benzene rings is 2. The van der Waals surface area contributed by atoms with Gasteiger partial charge in [-0.05, 0) is 31.4 Å². The maximum atomic E-state index is 12.1. The number of hydrogen-bond acceptors (Lipinski definition) is 4. The van der Waals surface area contributed by atoms with E-state index < -0.39 is 0 Å².